The molecule has 0 saturated heterocycles. The summed E-state index contributed by atoms with van der Waals surface area (Å²) < 4.78 is 0. The summed E-state index contributed by atoms with van der Waals surface area (Å²) in [4.78, 5) is 11.6. The van der Waals surface area contributed by atoms with Crippen LogP contribution in [0.15, 0.2) is 30.3 Å². The van der Waals surface area contributed by atoms with Gasteiger partial charge in [-0.05, 0) is 17.9 Å². The molecule has 0 aliphatic carbocycles. The average Bonchev–Trinajstić information content (AvgIpc) is 2.26. The minimum Gasteiger partial charge on any atom is -0.280 e. The first-order valence-corrected chi connectivity index (χ1v) is 5.68. The van der Waals surface area contributed by atoms with Crippen LogP contribution in [0, 0.1) is 5.92 Å². The number of carbonyl (C=O) groups excluding carboxylic acids is 1. The lowest BCUT2D eigenvalue weighted by molar-refractivity contribution is -0.132. The van der Waals surface area contributed by atoms with Crippen molar-refractivity contribution in [1.29, 1.82) is 0 Å². The van der Waals surface area contributed by atoms with Crippen LogP contribution in [-0.2, 0) is 11.2 Å². The summed E-state index contributed by atoms with van der Waals surface area (Å²) in [5.41, 5.74) is 1.20. The molecule has 0 saturated carbocycles. The van der Waals surface area contributed by atoms with Crippen LogP contribution in [-0.4, -0.2) is 17.5 Å². The minimum absolute atomic E-state index is 0.0194. The summed E-state index contributed by atoms with van der Waals surface area (Å²) in [6.07, 6.45) is 1.33. The van der Waals surface area contributed by atoms with Crippen molar-refractivity contribution in [3.05, 3.63) is 35.9 Å². The molecule has 0 aromatic heterocycles. The molecule has 0 atom stereocenters. The topological polar surface area (TPSA) is 46.3 Å². The molecule has 1 aromatic carbocycles. The Morgan fingerprint density at radius 2 is 1.94 bits per heavy atom. The first kappa shape index (κ1) is 12.7. The van der Waals surface area contributed by atoms with Gasteiger partial charge in [0.05, 0.1) is 0 Å². The van der Waals surface area contributed by atoms with Gasteiger partial charge in [-0.25, -0.2) is 5.84 Å². The van der Waals surface area contributed by atoms with Crippen LogP contribution >= 0.6 is 0 Å². The van der Waals surface area contributed by atoms with Crippen molar-refractivity contribution in [3.63, 3.8) is 0 Å². The lowest BCUT2D eigenvalue weighted by Gasteiger charge is -2.17. The van der Waals surface area contributed by atoms with Crippen LogP contribution in [0.5, 0.6) is 0 Å². The van der Waals surface area contributed by atoms with E-state index in [0.717, 1.165) is 6.42 Å². The Balaban J connectivity index is 2.35. The number of hydrazine groups is 1. The number of amides is 1. The van der Waals surface area contributed by atoms with E-state index in [1.54, 1.807) is 0 Å². The van der Waals surface area contributed by atoms with E-state index in [4.69, 9.17) is 5.84 Å². The summed E-state index contributed by atoms with van der Waals surface area (Å²) in [5, 5.41) is 1.33. The Labute approximate surface area is 97.2 Å². The van der Waals surface area contributed by atoms with Gasteiger partial charge in [0.2, 0.25) is 5.91 Å². The van der Waals surface area contributed by atoms with Crippen molar-refractivity contribution in [2.24, 2.45) is 11.8 Å². The van der Waals surface area contributed by atoms with Gasteiger partial charge in [-0.15, -0.1) is 0 Å². The molecule has 3 heteroatoms. The van der Waals surface area contributed by atoms with Gasteiger partial charge in [0.15, 0.2) is 0 Å². The fraction of sp³-hybridized carbons (Fsp3) is 0.462. The summed E-state index contributed by atoms with van der Waals surface area (Å²) in [5.74, 6) is 6.07. The molecule has 1 amide bonds. The van der Waals surface area contributed by atoms with Crippen LogP contribution < -0.4 is 5.84 Å². The van der Waals surface area contributed by atoms with E-state index in [2.05, 4.69) is 0 Å². The third-order valence-electron chi connectivity index (χ3n) is 2.39. The molecular weight excluding hydrogens is 200 g/mol. The standard InChI is InChI=1S/C13H20N2O/c1-11(2)10-13(16)15(14)9-8-12-6-4-3-5-7-12/h3-7,11H,8-10,14H2,1-2H3. The van der Waals surface area contributed by atoms with Crippen molar-refractivity contribution >= 4 is 5.91 Å². The summed E-state index contributed by atoms with van der Waals surface area (Å²) >= 11 is 0. The lowest BCUT2D eigenvalue weighted by Crippen LogP contribution is -2.39. The first-order valence-electron chi connectivity index (χ1n) is 5.68. The van der Waals surface area contributed by atoms with Gasteiger partial charge in [0, 0.05) is 13.0 Å². The molecule has 16 heavy (non-hydrogen) atoms. The molecular formula is C13H20N2O. The van der Waals surface area contributed by atoms with E-state index >= 15 is 0 Å². The Hall–Kier alpha value is -1.35. The highest BCUT2D eigenvalue weighted by atomic mass is 16.2. The number of benzene rings is 1. The zero-order chi connectivity index (χ0) is 12.0. The Morgan fingerprint density at radius 1 is 1.31 bits per heavy atom. The van der Waals surface area contributed by atoms with Gasteiger partial charge in [-0.3, -0.25) is 9.80 Å². The highest BCUT2D eigenvalue weighted by Gasteiger charge is 2.10. The van der Waals surface area contributed by atoms with Gasteiger partial charge in [-0.1, -0.05) is 44.2 Å². The molecule has 0 fully saturated rings. The first-order chi connectivity index (χ1) is 7.59. The molecule has 0 unspecified atom stereocenters. The minimum atomic E-state index is 0.0194. The predicted octanol–water partition coefficient (Wildman–Crippen LogP) is 1.98. The van der Waals surface area contributed by atoms with Crippen molar-refractivity contribution in [2.75, 3.05) is 6.54 Å². The number of nitrogens with zero attached hydrogens (tertiary/aromatic N) is 1. The second kappa shape index (κ2) is 6.28. The Kier molecular flexibility index (Phi) is 4.99. The quantitative estimate of drug-likeness (QED) is 0.468. The fourth-order valence-electron chi connectivity index (χ4n) is 1.49. The van der Waals surface area contributed by atoms with Gasteiger partial charge >= 0.3 is 0 Å². The highest BCUT2D eigenvalue weighted by Crippen LogP contribution is 2.04. The van der Waals surface area contributed by atoms with E-state index in [-0.39, 0.29) is 5.91 Å². The van der Waals surface area contributed by atoms with Gasteiger partial charge < -0.3 is 0 Å². The number of rotatable bonds is 5. The highest BCUT2D eigenvalue weighted by molar-refractivity contribution is 5.75. The smallest absolute Gasteiger partial charge is 0.236 e. The van der Waals surface area contributed by atoms with Crippen LogP contribution in [0.2, 0.25) is 0 Å². The number of hydrogen-bond acceptors (Lipinski definition) is 2. The lowest BCUT2D eigenvalue weighted by atomic mass is 10.1. The second-order valence-corrected chi connectivity index (χ2v) is 4.42. The summed E-state index contributed by atoms with van der Waals surface area (Å²) in [7, 11) is 0. The number of hydrogen-bond donors (Lipinski definition) is 1. The van der Waals surface area contributed by atoms with E-state index < -0.39 is 0 Å². The average molecular weight is 220 g/mol. The van der Waals surface area contributed by atoms with Gasteiger partial charge in [0.1, 0.15) is 0 Å². The van der Waals surface area contributed by atoms with Crippen molar-refractivity contribution in [3.8, 4) is 0 Å². The molecule has 0 radical (unpaired) electrons. The van der Waals surface area contributed by atoms with Crippen LogP contribution in [0.25, 0.3) is 0 Å². The van der Waals surface area contributed by atoms with Gasteiger partial charge in [0.25, 0.3) is 0 Å². The number of carbonyl (C=O) groups is 1. The maximum Gasteiger partial charge on any atom is 0.236 e. The zero-order valence-corrected chi connectivity index (χ0v) is 10.0. The largest absolute Gasteiger partial charge is 0.280 e. The fourth-order valence-corrected chi connectivity index (χ4v) is 1.49. The molecule has 0 bridgehead atoms. The van der Waals surface area contributed by atoms with Crippen LogP contribution in [0.4, 0.5) is 0 Å². The van der Waals surface area contributed by atoms with Crippen molar-refractivity contribution in [1.82, 2.24) is 5.01 Å². The molecule has 0 spiro atoms. The molecule has 1 aromatic rings. The van der Waals surface area contributed by atoms with Crippen LogP contribution in [0.3, 0.4) is 0 Å². The molecule has 0 aliphatic rings. The third kappa shape index (κ3) is 4.45. The maximum atomic E-state index is 11.6. The molecule has 0 heterocycles. The Morgan fingerprint density at radius 3 is 2.50 bits per heavy atom. The van der Waals surface area contributed by atoms with Crippen LogP contribution in [0.1, 0.15) is 25.8 Å². The molecule has 0 aliphatic heterocycles. The molecule has 1 rings (SSSR count). The second-order valence-electron chi connectivity index (χ2n) is 4.42. The molecule has 88 valence electrons. The number of nitrogens with two attached hydrogens (primary N) is 1. The monoisotopic (exact) mass is 220 g/mol. The van der Waals surface area contributed by atoms with E-state index in [1.165, 1.54) is 10.6 Å². The SMILES string of the molecule is CC(C)CC(=O)N(N)CCc1ccccc1. The van der Waals surface area contributed by atoms with E-state index in [9.17, 15) is 4.79 Å². The molecule has 2 N–H and O–H groups in total. The van der Waals surface area contributed by atoms with Gasteiger partial charge in [-0.2, -0.15) is 0 Å². The summed E-state index contributed by atoms with van der Waals surface area (Å²) in [6.45, 7) is 4.61. The third-order valence-corrected chi connectivity index (χ3v) is 2.39. The Bertz CT molecular complexity index is 322. The normalized spacial score (nSPS) is 10.5. The van der Waals surface area contributed by atoms with Crippen molar-refractivity contribution < 1.29 is 4.79 Å². The van der Waals surface area contributed by atoms with E-state index in [1.807, 2.05) is 44.2 Å². The van der Waals surface area contributed by atoms with E-state index in [0.29, 0.717) is 18.9 Å². The van der Waals surface area contributed by atoms with Crippen molar-refractivity contribution in [2.45, 2.75) is 26.7 Å². The zero-order valence-electron chi connectivity index (χ0n) is 10.0. The molecule has 3 nitrogen and oxygen atoms in total. The maximum absolute atomic E-state index is 11.6. The summed E-state index contributed by atoms with van der Waals surface area (Å²) in [6, 6.07) is 10.0. The predicted molar refractivity (Wildman–Crippen MR) is 65.5 cm³/mol.